The standard InChI is InChI=1S/C10H17S/c1-2-6-9(5-1)10-7-3-4-8-11-10/h10H,1-8H2. The summed E-state index contributed by atoms with van der Waals surface area (Å²) in [5, 5.41) is 0.978. The van der Waals surface area contributed by atoms with Gasteiger partial charge in [-0.3, -0.25) is 0 Å². The first-order valence-corrected chi connectivity index (χ1v) is 5.98. The molecule has 0 amide bonds. The zero-order valence-electron chi connectivity index (χ0n) is 7.14. The van der Waals surface area contributed by atoms with Crippen LogP contribution in [-0.4, -0.2) is 11.0 Å². The second-order valence-electron chi connectivity index (χ2n) is 3.72. The van der Waals surface area contributed by atoms with E-state index < -0.39 is 0 Å². The first kappa shape index (κ1) is 7.97. The van der Waals surface area contributed by atoms with Crippen molar-refractivity contribution >= 4 is 11.8 Å². The second kappa shape index (κ2) is 3.84. The molecule has 0 aromatic heterocycles. The van der Waals surface area contributed by atoms with Crippen molar-refractivity contribution in [2.24, 2.45) is 0 Å². The van der Waals surface area contributed by atoms with Crippen LogP contribution in [0.25, 0.3) is 0 Å². The Hall–Kier alpha value is 0.350. The molecule has 1 atom stereocenters. The maximum atomic E-state index is 2.22. The predicted octanol–water partition coefficient (Wildman–Crippen LogP) is 3.42. The van der Waals surface area contributed by atoms with Crippen LogP contribution in [0.1, 0.15) is 44.9 Å². The fourth-order valence-corrected chi connectivity index (χ4v) is 3.67. The summed E-state index contributed by atoms with van der Waals surface area (Å²) >= 11 is 2.22. The van der Waals surface area contributed by atoms with Crippen LogP contribution in [-0.2, 0) is 0 Å². The van der Waals surface area contributed by atoms with E-state index in [1.165, 1.54) is 50.7 Å². The summed E-state index contributed by atoms with van der Waals surface area (Å²) in [5.74, 6) is 3.32. The highest BCUT2D eigenvalue weighted by atomic mass is 32.2. The lowest BCUT2D eigenvalue weighted by Crippen LogP contribution is -2.16. The van der Waals surface area contributed by atoms with E-state index in [1.54, 1.807) is 0 Å². The average Bonchev–Trinajstić information content (AvgIpc) is 2.58. The predicted molar refractivity (Wildman–Crippen MR) is 51.8 cm³/mol. The van der Waals surface area contributed by atoms with Gasteiger partial charge in [0.05, 0.1) is 0 Å². The maximum absolute atomic E-state index is 2.22. The van der Waals surface area contributed by atoms with Crippen LogP contribution in [0.2, 0.25) is 0 Å². The van der Waals surface area contributed by atoms with Gasteiger partial charge in [-0.15, -0.1) is 0 Å². The molecule has 0 nitrogen and oxygen atoms in total. The van der Waals surface area contributed by atoms with Crippen molar-refractivity contribution in [3.63, 3.8) is 0 Å². The fourth-order valence-electron chi connectivity index (χ4n) is 2.21. The largest absolute Gasteiger partial charge is 0.158 e. The summed E-state index contributed by atoms with van der Waals surface area (Å²) in [6.45, 7) is 0. The Morgan fingerprint density at radius 1 is 1.00 bits per heavy atom. The third-order valence-electron chi connectivity index (χ3n) is 2.88. The summed E-state index contributed by atoms with van der Waals surface area (Å²) in [5.41, 5.74) is 0. The molecule has 0 spiro atoms. The van der Waals surface area contributed by atoms with E-state index in [1.807, 2.05) is 5.92 Å². The molecule has 2 aliphatic rings. The molecule has 2 rings (SSSR count). The molecule has 11 heavy (non-hydrogen) atoms. The Bertz CT molecular complexity index is 110. The number of thioether (sulfide) groups is 1. The Labute approximate surface area is 74.1 Å². The van der Waals surface area contributed by atoms with Gasteiger partial charge in [0.25, 0.3) is 0 Å². The smallest absolute Gasteiger partial charge is 0.0109 e. The van der Waals surface area contributed by atoms with Gasteiger partial charge in [0.2, 0.25) is 0 Å². The summed E-state index contributed by atoms with van der Waals surface area (Å²) in [6.07, 6.45) is 10.3. The van der Waals surface area contributed by atoms with Crippen molar-refractivity contribution in [1.82, 2.24) is 0 Å². The molecule has 1 saturated heterocycles. The molecule has 1 heteroatoms. The van der Waals surface area contributed by atoms with Crippen LogP contribution in [0, 0.1) is 5.92 Å². The van der Waals surface area contributed by atoms with E-state index in [-0.39, 0.29) is 0 Å². The molecule has 1 radical (unpaired) electrons. The highest BCUT2D eigenvalue weighted by Gasteiger charge is 2.26. The zero-order chi connectivity index (χ0) is 7.52. The summed E-state index contributed by atoms with van der Waals surface area (Å²) in [7, 11) is 0. The maximum Gasteiger partial charge on any atom is 0.0109 e. The summed E-state index contributed by atoms with van der Waals surface area (Å²) in [6, 6.07) is 0. The first-order chi connectivity index (χ1) is 5.47. The average molecular weight is 169 g/mol. The van der Waals surface area contributed by atoms with Gasteiger partial charge in [0.15, 0.2) is 0 Å². The molecule has 2 fully saturated rings. The van der Waals surface area contributed by atoms with Crippen molar-refractivity contribution in [3.8, 4) is 0 Å². The van der Waals surface area contributed by atoms with Crippen molar-refractivity contribution in [2.45, 2.75) is 50.2 Å². The van der Waals surface area contributed by atoms with Crippen molar-refractivity contribution in [3.05, 3.63) is 5.92 Å². The quantitative estimate of drug-likeness (QED) is 0.579. The van der Waals surface area contributed by atoms with Crippen molar-refractivity contribution < 1.29 is 0 Å². The fraction of sp³-hybridized carbons (Fsp3) is 0.900. The molecule has 1 aliphatic carbocycles. The van der Waals surface area contributed by atoms with Gasteiger partial charge >= 0.3 is 0 Å². The van der Waals surface area contributed by atoms with Crippen LogP contribution >= 0.6 is 11.8 Å². The van der Waals surface area contributed by atoms with E-state index >= 15 is 0 Å². The molecular weight excluding hydrogens is 152 g/mol. The van der Waals surface area contributed by atoms with Gasteiger partial charge in [-0.05, 0) is 37.4 Å². The van der Waals surface area contributed by atoms with Gasteiger partial charge in [0, 0.05) is 5.25 Å². The number of rotatable bonds is 1. The molecule has 0 bridgehead atoms. The van der Waals surface area contributed by atoms with Gasteiger partial charge in [0.1, 0.15) is 0 Å². The molecule has 1 saturated carbocycles. The van der Waals surface area contributed by atoms with E-state index in [0.717, 1.165) is 5.25 Å². The molecule has 0 aromatic rings. The molecule has 1 aliphatic heterocycles. The van der Waals surface area contributed by atoms with E-state index in [2.05, 4.69) is 11.8 Å². The lowest BCUT2D eigenvalue weighted by Gasteiger charge is -2.26. The Morgan fingerprint density at radius 2 is 1.82 bits per heavy atom. The third-order valence-corrected chi connectivity index (χ3v) is 4.38. The molecule has 1 heterocycles. The topological polar surface area (TPSA) is 0 Å². The Kier molecular flexibility index (Phi) is 2.78. The van der Waals surface area contributed by atoms with Gasteiger partial charge in [-0.2, -0.15) is 11.8 Å². The Morgan fingerprint density at radius 3 is 2.45 bits per heavy atom. The van der Waals surface area contributed by atoms with Crippen LogP contribution in [0.15, 0.2) is 0 Å². The zero-order valence-corrected chi connectivity index (χ0v) is 7.96. The van der Waals surface area contributed by atoms with Crippen molar-refractivity contribution in [1.29, 1.82) is 0 Å². The molecule has 63 valence electrons. The number of hydrogen-bond acceptors (Lipinski definition) is 1. The lowest BCUT2D eigenvalue weighted by atomic mass is 9.99. The van der Waals surface area contributed by atoms with Gasteiger partial charge < -0.3 is 0 Å². The molecule has 0 N–H and O–H groups in total. The van der Waals surface area contributed by atoms with Crippen LogP contribution in [0.4, 0.5) is 0 Å². The minimum Gasteiger partial charge on any atom is -0.158 e. The molecule has 0 aromatic carbocycles. The van der Waals surface area contributed by atoms with Crippen LogP contribution in [0.5, 0.6) is 0 Å². The SMILES string of the molecule is C1CCC([C]2CCCC2)SC1. The van der Waals surface area contributed by atoms with Crippen LogP contribution in [0.3, 0.4) is 0 Å². The van der Waals surface area contributed by atoms with Gasteiger partial charge in [-0.1, -0.05) is 19.3 Å². The lowest BCUT2D eigenvalue weighted by molar-refractivity contribution is 0.645. The highest BCUT2D eigenvalue weighted by molar-refractivity contribution is 8.00. The van der Waals surface area contributed by atoms with Crippen LogP contribution < -0.4 is 0 Å². The van der Waals surface area contributed by atoms with Crippen molar-refractivity contribution in [2.75, 3.05) is 5.75 Å². The molecule has 1 unspecified atom stereocenters. The van der Waals surface area contributed by atoms with E-state index in [9.17, 15) is 0 Å². The van der Waals surface area contributed by atoms with E-state index in [4.69, 9.17) is 0 Å². The summed E-state index contributed by atoms with van der Waals surface area (Å²) in [4.78, 5) is 0. The number of hydrogen-bond donors (Lipinski definition) is 0. The third kappa shape index (κ3) is 1.93. The first-order valence-electron chi connectivity index (χ1n) is 4.93. The molecular formula is C10H17S. The Balaban J connectivity index is 1.82. The minimum absolute atomic E-state index is 0.978. The van der Waals surface area contributed by atoms with E-state index in [0.29, 0.717) is 0 Å². The monoisotopic (exact) mass is 169 g/mol. The van der Waals surface area contributed by atoms with Gasteiger partial charge in [-0.25, -0.2) is 0 Å². The summed E-state index contributed by atoms with van der Waals surface area (Å²) < 4.78 is 0. The highest BCUT2D eigenvalue weighted by Crippen LogP contribution is 2.40. The normalized spacial score (nSPS) is 34.4. The second-order valence-corrected chi connectivity index (χ2v) is 5.03. The minimum atomic E-state index is 0.978.